The van der Waals surface area contributed by atoms with E-state index in [1.54, 1.807) is 7.11 Å². The quantitative estimate of drug-likeness (QED) is 0.444. The zero-order valence-electron chi connectivity index (χ0n) is 10.5. The van der Waals surface area contributed by atoms with Crippen molar-refractivity contribution >= 4 is 0 Å². The summed E-state index contributed by atoms with van der Waals surface area (Å²) in [5.74, 6) is 5.77. The maximum Gasteiger partial charge on any atom is 0.0897 e. The molecule has 0 radical (unpaired) electrons. The number of hydrogen-bond acceptors (Lipinski definition) is 4. The number of aliphatic hydroxyl groups is 1. The summed E-state index contributed by atoms with van der Waals surface area (Å²) in [5, 5.41) is 12.7. The molecule has 0 rings (SSSR count). The van der Waals surface area contributed by atoms with E-state index < -0.39 is 6.10 Å². The lowest BCUT2D eigenvalue weighted by Crippen LogP contribution is -2.32. The van der Waals surface area contributed by atoms with Crippen molar-refractivity contribution < 1.29 is 14.6 Å². The van der Waals surface area contributed by atoms with Gasteiger partial charge in [-0.2, -0.15) is 0 Å². The smallest absolute Gasteiger partial charge is 0.0897 e. The van der Waals surface area contributed by atoms with Crippen LogP contribution in [-0.2, 0) is 9.47 Å². The van der Waals surface area contributed by atoms with Crippen LogP contribution in [0.15, 0.2) is 0 Å². The van der Waals surface area contributed by atoms with Gasteiger partial charge in [-0.05, 0) is 13.8 Å². The van der Waals surface area contributed by atoms with Crippen molar-refractivity contribution in [1.82, 2.24) is 5.32 Å². The molecule has 4 heteroatoms. The van der Waals surface area contributed by atoms with Crippen LogP contribution in [0.5, 0.6) is 0 Å². The van der Waals surface area contributed by atoms with Gasteiger partial charge in [-0.15, -0.1) is 11.8 Å². The standard InChI is InChI=1S/C12H23NO3/c1-4-5-6-7-13-8-12(14)10-16-11(2)9-15-3/h11-14H,6-10H2,1-3H3. The van der Waals surface area contributed by atoms with Crippen LogP contribution in [0.2, 0.25) is 0 Å². The number of rotatable bonds is 9. The third kappa shape index (κ3) is 9.94. The highest BCUT2D eigenvalue weighted by atomic mass is 16.5. The molecular weight excluding hydrogens is 206 g/mol. The van der Waals surface area contributed by atoms with Crippen molar-refractivity contribution in [2.45, 2.75) is 32.5 Å². The Morgan fingerprint density at radius 3 is 2.75 bits per heavy atom. The van der Waals surface area contributed by atoms with Gasteiger partial charge in [0.05, 0.1) is 25.4 Å². The van der Waals surface area contributed by atoms with E-state index in [-0.39, 0.29) is 6.10 Å². The van der Waals surface area contributed by atoms with Crippen molar-refractivity contribution in [3.63, 3.8) is 0 Å². The molecule has 0 aromatic carbocycles. The van der Waals surface area contributed by atoms with Crippen molar-refractivity contribution in [2.24, 2.45) is 0 Å². The maximum absolute atomic E-state index is 9.56. The van der Waals surface area contributed by atoms with Gasteiger partial charge in [0.25, 0.3) is 0 Å². The van der Waals surface area contributed by atoms with Gasteiger partial charge < -0.3 is 19.9 Å². The van der Waals surface area contributed by atoms with Crippen molar-refractivity contribution in [1.29, 1.82) is 0 Å². The lowest BCUT2D eigenvalue weighted by Gasteiger charge is -2.16. The first-order chi connectivity index (χ1) is 7.70. The Labute approximate surface area is 98.3 Å². The fraction of sp³-hybridized carbons (Fsp3) is 0.833. The highest BCUT2D eigenvalue weighted by Crippen LogP contribution is 1.93. The Hall–Kier alpha value is -0.600. The van der Waals surface area contributed by atoms with Crippen LogP contribution >= 0.6 is 0 Å². The molecule has 0 heterocycles. The van der Waals surface area contributed by atoms with Gasteiger partial charge in [-0.3, -0.25) is 0 Å². The van der Waals surface area contributed by atoms with Gasteiger partial charge >= 0.3 is 0 Å². The summed E-state index contributed by atoms with van der Waals surface area (Å²) in [7, 11) is 1.63. The molecule has 2 N–H and O–H groups in total. The SMILES string of the molecule is CC#CCCNCC(O)COC(C)COC. The van der Waals surface area contributed by atoms with Gasteiger partial charge in [-0.1, -0.05) is 0 Å². The molecule has 0 amide bonds. The fourth-order valence-electron chi connectivity index (χ4n) is 1.16. The molecule has 0 fully saturated rings. The van der Waals surface area contributed by atoms with Gasteiger partial charge in [0.1, 0.15) is 0 Å². The summed E-state index contributed by atoms with van der Waals surface area (Å²) in [5.41, 5.74) is 0. The second-order valence-electron chi connectivity index (χ2n) is 3.63. The van der Waals surface area contributed by atoms with Gasteiger partial charge in [0.2, 0.25) is 0 Å². The van der Waals surface area contributed by atoms with Crippen LogP contribution in [0.25, 0.3) is 0 Å². The molecule has 4 nitrogen and oxygen atoms in total. The van der Waals surface area contributed by atoms with Crippen LogP contribution in [0.1, 0.15) is 20.3 Å². The van der Waals surface area contributed by atoms with Crippen LogP contribution in [0.3, 0.4) is 0 Å². The monoisotopic (exact) mass is 229 g/mol. The van der Waals surface area contributed by atoms with Gasteiger partial charge in [0.15, 0.2) is 0 Å². The molecule has 2 atom stereocenters. The molecule has 0 spiro atoms. The highest BCUT2D eigenvalue weighted by molar-refractivity contribution is 4.95. The first-order valence-corrected chi connectivity index (χ1v) is 5.59. The van der Waals surface area contributed by atoms with Crippen molar-refractivity contribution in [3.05, 3.63) is 0 Å². The minimum Gasteiger partial charge on any atom is -0.389 e. The Morgan fingerprint density at radius 2 is 2.12 bits per heavy atom. The summed E-state index contributed by atoms with van der Waals surface area (Å²) in [6.45, 7) is 5.94. The Morgan fingerprint density at radius 1 is 1.38 bits per heavy atom. The molecule has 2 unspecified atom stereocenters. The van der Waals surface area contributed by atoms with Crippen LogP contribution in [0, 0.1) is 11.8 Å². The topological polar surface area (TPSA) is 50.7 Å². The highest BCUT2D eigenvalue weighted by Gasteiger charge is 2.07. The molecule has 94 valence electrons. The number of nitrogens with one attached hydrogen (secondary N) is 1. The summed E-state index contributed by atoms with van der Waals surface area (Å²) >= 11 is 0. The molecule has 0 aliphatic carbocycles. The van der Waals surface area contributed by atoms with E-state index in [4.69, 9.17) is 9.47 Å². The molecular formula is C12H23NO3. The minimum atomic E-state index is -0.478. The predicted molar refractivity (Wildman–Crippen MR) is 64.2 cm³/mol. The lowest BCUT2D eigenvalue weighted by atomic mass is 10.3. The number of methoxy groups -OCH3 is 1. The molecule has 0 saturated carbocycles. The largest absolute Gasteiger partial charge is 0.389 e. The van der Waals surface area contributed by atoms with Gasteiger partial charge in [0, 0.05) is 26.6 Å². The van der Waals surface area contributed by atoms with E-state index >= 15 is 0 Å². The van der Waals surface area contributed by atoms with E-state index in [1.165, 1.54) is 0 Å². The summed E-state index contributed by atoms with van der Waals surface area (Å²) in [6, 6.07) is 0. The normalized spacial score (nSPS) is 14.0. The summed E-state index contributed by atoms with van der Waals surface area (Å²) in [4.78, 5) is 0. The van der Waals surface area contributed by atoms with Crippen molar-refractivity contribution in [2.75, 3.05) is 33.4 Å². The number of hydrogen-bond donors (Lipinski definition) is 2. The minimum absolute atomic E-state index is 0.0191. The average Bonchev–Trinajstić information content (AvgIpc) is 2.26. The fourth-order valence-corrected chi connectivity index (χ4v) is 1.16. The Kier molecular flexibility index (Phi) is 10.5. The van der Waals surface area contributed by atoms with E-state index in [9.17, 15) is 5.11 Å². The van der Waals surface area contributed by atoms with Crippen LogP contribution in [0.4, 0.5) is 0 Å². The first kappa shape index (κ1) is 15.4. The maximum atomic E-state index is 9.56. The van der Waals surface area contributed by atoms with Crippen molar-refractivity contribution in [3.8, 4) is 11.8 Å². The molecule has 16 heavy (non-hydrogen) atoms. The first-order valence-electron chi connectivity index (χ1n) is 5.59. The van der Waals surface area contributed by atoms with E-state index in [0.717, 1.165) is 13.0 Å². The molecule has 0 aromatic rings. The van der Waals surface area contributed by atoms with E-state index in [1.807, 2.05) is 13.8 Å². The average molecular weight is 229 g/mol. The zero-order valence-corrected chi connectivity index (χ0v) is 10.5. The van der Waals surface area contributed by atoms with Gasteiger partial charge in [-0.25, -0.2) is 0 Å². The third-order valence-corrected chi connectivity index (χ3v) is 1.96. The molecule has 0 aromatic heterocycles. The lowest BCUT2D eigenvalue weighted by molar-refractivity contribution is -0.0309. The second kappa shape index (κ2) is 10.9. The Balaban J connectivity index is 3.35. The zero-order chi connectivity index (χ0) is 12.2. The van der Waals surface area contributed by atoms with Crippen LogP contribution < -0.4 is 5.32 Å². The molecule has 0 bridgehead atoms. The molecule has 0 saturated heterocycles. The summed E-state index contributed by atoms with van der Waals surface area (Å²) in [6.07, 6.45) is 0.351. The second-order valence-corrected chi connectivity index (χ2v) is 3.63. The van der Waals surface area contributed by atoms with E-state index in [2.05, 4.69) is 17.2 Å². The molecule has 0 aliphatic heterocycles. The third-order valence-electron chi connectivity index (χ3n) is 1.96. The van der Waals surface area contributed by atoms with E-state index in [0.29, 0.717) is 19.8 Å². The predicted octanol–water partition coefficient (Wildman–Crippen LogP) is 0.402. The number of ether oxygens (including phenoxy) is 2. The summed E-state index contributed by atoms with van der Waals surface area (Å²) < 4.78 is 10.3. The Bertz CT molecular complexity index is 210. The number of aliphatic hydroxyl groups excluding tert-OH is 1. The van der Waals surface area contributed by atoms with Crippen LogP contribution in [-0.4, -0.2) is 50.7 Å². The molecule has 0 aliphatic rings.